The maximum atomic E-state index is 13.3. The second-order valence-corrected chi connectivity index (χ2v) is 8.19. The summed E-state index contributed by atoms with van der Waals surface area (Å²) in [5, 5.41) is 3.92. The third-order valence-corrected chi connectivity index (χ3v) is 6.27. The van der Waals surface area contributed by atoms with Crippen molar-refractivity contribution in [1.29, 1.82) is 0 Å². The molecule has 0 saturated carbocycles. The average Bonchev–Trinajstić information content (AvgIpc) is 3.21. The van der Waals surface area contributed by atoms with E-state index < -0.39 is 0 Å². The summed E-state index contributed by atoms with van der Waals surface area (Å²) in [4.78, 5) is 16.2. The lowest BCUT2D eigenvalue weighted by Crippen LogP contribution is -2.36. The minimum atomic E-state index is 0.0345. The van der Waals surface area contributed by atoms with Crippen LogP contribution >= 0.6 is 11.8 Å². The smallest absolute Gasteiger partial charge is 0.255 e. The molecule has 1 aliphatic heterocycles. The fourth-order valence-electron chi connectivity index (χ4n) is 3.63. The van der Waals surface area contributed by atoms with E-state index in [0.717, 1.165) is 34.1 Å². The fourth-order valence-corrected chi connectivity index (χ4v) is 4.55. The number of aromatic nitrogens is 1. The predicted octanol–water partition coefficient (Wildman–Crippen LogP) is 4.49. The Labute approximate surface area is 180 Å². The second kappa shape index (κ2) is 8.83. The van der Waals surface area contributed by atoms with Crippen molar-refractivity contribution in [1.82, 2.24) is 10.1 Å². The molecule has 1 aromatic heterocycles. The third-order valence-electron chi connectivity index (χ3n) is 5.17. The number of rotatable bonds is 6. The molecule has 0 aliphatic carbocycles. The van der Waals surface area contributed by atoms with E-state index in [1.165, 1.54) is 5.56 Å². The average molecular weight is 425 g/mol. The Morgan fingerprint density at radius 1 is 1.13 bits per heavy atom. The Bertz CT molecular complexity index is 1060. The number of amides is 1. The van der Waals surface area contributed by atoms with Gasteiger partial charge in [0.25, 0.3) is 5.91 Å². The molecule has 0 N–H and O–H groups in total. The van der Waals surface area contributed by atoms with E-state index in [9.17, 15) is 4.79 Å². The van der Waals surface area contributed by atoms with Crippen LogP contribution in [0.5, 0.6) is 11.5 Å². The predicted molar refractivity (Wildman–Crippen MR) is 115 cm³/mol. The van der Waals surface area contributed by atoms with Gasteiger partial charge in [0.15, 0.2) is 11.5 Å². The molecular formula is C23H24N2O4S. The standard InChI is InChI=1S/C23H24N2O4S/c1-15-10-18(29-24-15)14-30-22-7-5-4-6-19(22)23(26)25-9-8-16-11-20(27-2)21(28-3)12-17(16)13-25/h4-7,10-12H,8-9,13-14H2,1-3H3. The van der Waals surface area contributed by atoms with E-state index in [4.69, 9.17) is 14.0 Å². The first-order chi connectivity index (χ1) is 14.6. The molecule has 1 amide bonds. The second-order valence-electron chi connectivity index (χ2n) is 7.17. The SMILES string of the molecule is COc1cc2c(cc1OC)CN(C(=O)c1ccccc1SCc1cc(C)no1)CC2. The van der Waals surface area contributed by atoms with Gasteiger partial charge < -0.3 is 18.9 Å². The third kappa shape index (κ3) is 4.16. The summed E-state index contributed by atoms with van der Waals surface area (Å²) in [6.45, 7) is 3.12. The summed E-state index contributed by atoms with van der Waals surface area (Å²) in [5.41, 5.74) is 3.85. The van der Waals surface area contributed by atoms with Gasteiger partial charge in [0.1, 0.15) is 5.76 Å². The van der Waals surface area contributed by atoms with Crippen molar-refractivity contribution in [3.8, 4) is 11.5 Å². The lowest BCUT2D eigenvalue weighted by atomic mass is 9.98. The molecule has 156 valence electrons. The quantitative estimate of drug-likeness (QED) is 0.543. The lowest BCUT2D eigenvalue weighted by molar-refractivity contribution is 0.0731. The van der Waals surface area contributed by atoms with E-state index in [0.29, 0.717) is 30.2 Å². The summed E-state index contributed by atoms with van der Waals surface area (Å²) in [6.07, 6.45) is 0.786. The van der Waals surface area contributed by atoms with Crippen LogP contribution in [0.25, 0.3) is 0 Å². The Balaban J connectivity index is 1.53. The molecule has 2 aromatic carbocycles. The highest BCUT2D eigenvalue weighted by atomic mass is 32.2. The lowest BCUT2D eigenvalue weighted by Gasteiger charge is -2.30. The van der Waals surface area contributed by atoms with Gasteiger partial charge in [0, 0.05) is 24.1 Å². The first kappa shape index (κ1) is 20.3. The van der Waals surface area contributed by atoms with E-state index in [2.05, 4.69) is 5.16 Å². The van der Waals surface area contributed by atoms with Gasteiger partial charge >= 0.3 is 0 Å². The van der Waals surface area contributed by atoms with Gasteiger partial charge in [0.2, 0.25) is 0 Å². The topological polar surface area (TPSA) is 64.8 Å². The number of fused-ring (bicyclic) bond motifs is 1. The maximum absolute atomic E-state index is 13.3. The molecule has 0 unspecified atom stereocenters. The molecule has 30 heavy (non-hydrogen) atoms. The van der Waals surface area contributed by atoms with Crippen LogP contribution in [0.3, 0.4) is 0 Å². The van der Waals surface area contributed by atoms with Crippen LogP contribution in [-0.4, -0.2) is 36.7 Å². The molecule has 3 aromatic rings. The monoisotopic (exact) mass is 424 g/mol. The highest BCUT2D eigenvalue weighted by molar-refractivity contribution is 7.98. The molecule has 0 spiro atoms. The molecule has 7 heteroatoms. The van der Waals surface area contributed by atoms with Gasteiger partial charge in [-0.2, -0.15) is 0 Å². The van der Waals surface area contributed by atoms with Crippen LogP contribution in [0, 0.1) is 6.92 Å². The largest absolute Gasteiger partial charge is 0.493 e. The Kier molecular flexibility index (Phi) is 5.99. The number of carbonyl (C=O) groups is 1. The van der Waals surface area contributed by atoms with Crippen LogP contribution in [-0.2, 0) is 18.7 Å². The number of ether oxygens (including phenoxy) is 2. The van der Waals surface area contributed by atoms with Crippen molar-refractivity contribution in [3.05, 3.63) is 70.6 Å². The molecule has 0 bridgehead atoms. The molecule has 0 fully saturated rings. The van der Waals surface area contributed by atoms with Crippen molar-refractivity contribution in [2.45, 2.75) is 30.5 Å². The molecule has 4 rings (SSSR count). The number of methoxy groups -OCH3 is 2. The first-order valence-corrected chi connectivity index (χ1v) is 10.7. The highest BCUT2D eigenvalue weighted by Crippen LogP contribution is 2.34. The van der Waals surface area contributed by atoms with Gasteiger partial charge in [-0.25, -0.2) is 0 Å². The number of carbonyl (C=O) groups excluding carboxylic acids is 1. The van der Waals surface area contributed by atoms with Gasteiger partial charge in [-0.1, -0.05) is 17.3 Å². The molecule has 0 saturated heterocycles. The van der Waals surface area contributed by atoms with Crippen LogP contribution in [0.2, 0.25) is 0 Å². The fraction of sp³-hybridized carbons (Fsp3) is 0.304. The number of nitrogens with zero attached hydrogens (tertiary/aromatic N) is 2. The molecule has 0 radical (unpaired) electrons. The minimum Gasteiger partial charge on any atom is -0.493 e. The summed E-state index contributed by atoms with van der Waals surface area (Å²) in [5.74, 6) is 2.87. The van der Waals surface area contributed by atoms with Gasteiger partial charge in [-0.15, -0.1) is 11.8 Å². The normalized spacial score (nSPS) is 13.1. The van der Waals surface area contributed by atoms with Crippen molar-refractivity contribution in [2.75, 3.05) is 20.8 Å². The number of thioether (sulfide) groups is 1. The van der Waals surface area contributed by atoms with Gasteiger partial charge in [-0.3, -0.25) is 4.79 Å². The molecular weight excluding hydrogens is 400 g/mol. The Morgan fingerprint density at radius 2 is 1.87 bits per heavy atom. The molecule has 1 aliphatic rings. The summed E-state index contributed by atoms with van der Waals surface area (Å²) >= 11 is 1.58. The summed E-state index contributed by atoms with van der Waals surface area (Å²) < 4.78 is 16.1. The number of hydrogen-bond acceptors (Lipinski definition) is 6. The zero-order valence-corrected chi connectivity index (χ0v) is 18.1. The van der Waals surface area contributed by atoms with E-state index >= 15 is 0 Å². The zero-order chi connectivity index (χ0) is 21.1. The number of aryl methyl sites for hydroxylation is 1. The van der Waals surface area contributed by atoms with Gasteiger partial charge in [-0.05, 0) is 48.7 Å². The zero-order valence-electron chi connectivity index (χ0n) is 17.3. The van der Waals surface area contributed by atoms with Crippen molar-refractivity contribution in [2.24, 2.45) is 0 Å². The Hall–Kier alpha value is -2.93. The number of benzene rings is 2. The summed E-state index contributed by atoms with van der Waals surface area (Å²) in [6, 6.07) is 13.6. The van der Waals surface area contributed by atoms with Gasteiger partial charge in [0.05, 0.1) is 31.2 Å². The summed E-state index contributed by atoms with van der Waals surface area (Å²) in [7, 11) is 3.26. The molecule has 2 heterocycles. The minimum absolute atomic E-state index is 0.0345. The van der Waals surface area contributed by atoms with Crippen molar-refractivity contribution < 1.29 is 18.8 Å². The van der Waals surface area contributed by atoms with E-state index in [1.807, 2.05) is 54.3 Å². The van der Waals surface area contributed by atoms with Crippen LogP contribution in [0.4, 0.5) is 0 Å². The highest BCUT2D eigenvalue weighted by Gasteiger charge is 2.25. The van der Waals surface area contributed by atoms with Crippen molar-refractivity contribution in [3.63, 3.8) is 0 Å². The van der Waals surface area contributed by atoms with Crippen LogP contribution in [0.1, 0.15) is 32.9 Å². The maximum Gasteiger partial charge on any atom is 0.255 e. The number of hydrogen-bond donors (Lipinski definition) is 0. The first-order valence-electron chi connectivity index (χ1n) is 9.76. The van der Waals surface area contributed by atoms with Crippen LogP contribution < -0.4 is 9.47 Å². The molecule has 6 nitrogen and oxygen atoms in total. The van der Waals surface area contributed by atoms with E-state index in [1.54, 1.807) is 26.0 Å². The van der Waals surface area contributed by atoms with Crippen molar-refractivity contribution >= 4 is 17.7 Å². The molecule has 0 atom stereocenters. The van der Waals surface area contributed by atoms with E-state index in [-0.39, 0.29) is 5.91 Å². The van der Waals surface area contributed by atoms with Crippen LogP contribution in [0.15, 0.2) is 51.9 Å². The Morgan fingerprint density at radius 3 is 2.57 bits per heavy atom.